The molecule has 0 saturated heterocycles. The van der Waals surface area contributed by atoms with Crippen LogP contribution in [0.4, 0.5) is 0 Å². The maximum absolute atomic E-state index is 12.4. The number of aliphatic hydroxyl groups is 1. The molecule has 0 amide bonds. The maximum Gasteiger partial charge on any atom is 0.240 e. The molecule has 2 N–H and O–H groups in total. The van der Waals surface area contributed by atoms with E-state index < -0.39 is 10.0 Å². The first-order chi connectivity index (χ1) is 9.84. The first-order valence-corrected chi connectivity index (χ1v) is 8.69. The zero-order valence-electron chi connectivity index (χ0n) is 12.6. The van der Waals surface area contributed by atoms with Crippen molar-refractivity contribution in [3.05, 3.63) is 23.8 Å². The summed E-state index contributed by atoms with van der Waals surface area (Å²) >= 11 is 0. The summed E-state index contributed by atoms with van der Waals surface area (Å²) in [7, 11) is -3.51. The second-order valence-electron chi connectivity index (χ2n) is 6.18. The Bertz CT molecular complexity index is 596. The lowest BCUT2D eigenvalue weighted by atomic mass is 9.88. The summed E-state index contributed by atoms with van der Waals surface area (Å²) in [5, 5.41) is 8.87. The zero-order chi connectivity index (χ0) is 15.5. The molecule has 0 fully saturated rings. The Balaban J connectivity index is 2.05. The van der Waals surface area contributed by atoms with Crippen LogP contribution in [-0.2, 0) is 16.4 Å². The van der Waals surface area contributed by atoms with Crippen LogP contribution in [-0.4, -0.2) is 33.3 Å². The summed E-state index contributed by atoms with van der Waals surface area (Å²) in [5.74, 6) is 0.775. The maximum atomic E-state index is 12.4. The van der Waals surface area contributed by atoms with Crippen molar-refractivity contribution in [2.45, 2.75) is 38.0 Å². The van der Waals surface area contributed by atoms with E-state index in [2.05, 4.69) is 4.72 Å². The minimum atomic E-state index is -3.51. The van der Waals surface area contributed by atoms with Crippen LogP contribution < -0.4 is 9.46 Å². The molecule has 1 heterocycles. The predicted molar refractivity (Wildman–Crippen MR) is 80.9 cm³/mol. The van der Waals surface area contributed by atoms with Gasteiger partial charge in [0.2, 0.25) is 10.0 Å². The molecule has 1 aliphatic heterocycles. The first kappa shape index (κ1) is 16.3. The van der Waals surface area contributed by atoms with Crippen molar-refractivity contribution >= 4 is 10.0 Å². The van der Waals surface area contributed by atoms with Gasteiger partial charge >= 0.3 is 0 Å². The molecule has 5 nitrogen and oxygen atoms in total. The van der Waals surface area contributed by atoms with Crippen molar-refractivity contribution in [1.82, 2.24) is 4.72 Å². The van der Waals surface area contributed by atoms with Gasteiger partial charge < -0.3 is 9.84 Å². The molecule has 2 rings (SSSR count). The molecule has 0 bridgehead atoms. The van der Waals surface area contributed by atoms with Crippen molar-refractivity contribution in [2.75, 3.05) is 19.8 Å². The van der Waals surface area contributed by atoms with Crippen molar-refractivity contribution in [3.8, 4) is 5.75 Å². The Labute approximate surface area is 126 Å². The second-order valence-corrected chi connectivity index (χ2v) is 7.95. The highest BCUT2D eigenvalue weighted by Crippen LogP contribution is 2.28. The van der Waals surface area contributed by atoms with Crippen LogP contribution in [0.15, 0.2) is 23.1 Å². The number of hydrogen-bond acceptors (Lipinski definition) is 4. The number of nitrogens with one attached hydrogen (secondary N) is 1. The van der Waals surface area contributed by atoms with Gasteiger partial charge in [-0.15, -0.1) is 0 Å². The highest BCUT2D eigenvalue weighted by Gasteiger charge is 2.23. The van der Waals surface area contributed by atoms with Gasteiger partial charge in [-0.2, -0.15) is 0 Å². The molecule has 1 aromatic rings. The van der Waals surface area contributed by atoms with E-state index in [9.17, 15) is 8.42 Å². The standard InChI is InChI=1S/C15H23NO4S/c1-15(2,7-3-8-17)11-16-21(18,19)13-4-5-14-12(10-13)6-9-20-14/h4-5,10,16-17H,3,6-9,11H2,1-2H3. The Morgan fingerprint density at radius 2 is 2.14 bits per heavy atom. The summed E-state index contributed by atoms with van der Waals surface area (Å²) in [4.78, 5) is 0.282. The fourth-order valence-corrected chi connectivity index (χ4v) is 3.64. The molecule has 0 aromatic heterocycles. The van der Waals surface area contributed by atoms with Crippen LogP contribution in [0.1, 0.15) is 32.3 Å². The van der Waals surface area contributed by atoms with E-state index in [0.717, 1.165) is 24.2 Å². The molecular weight excluding hydrogens is 290 g/mol. The van der Waals surface area contributed by atoms with E-state index in [1.54, 1.807) is 18.2 Å². The molecule has 0 atom stereocenters. The monoisotopic (exact) mass is 313 g/mol. The number of fused-ring (bicyclic) bond motifs is 1. The van der Waals surface area contributed by atoms with E-state index >= 15 is 0 Å². The van der Waals surface area contributed by atoms with E-state index in [4.69, 9.17) is 9.84 Å². The molecule has 0 saturated carbocycles. The van der Waals surface area contributed by atoms with Crippen LogP contribution in [0, 0.1) is 5.41 Å². The third-order valence-corrected chi connectivity index (χ3v) is 5.12. The second kappa shape index (κ2) is 6.34. The lowest BCUT2D eigenvalue weighted by Gasteiger charge is -2.24. The van der Waals surface area contributed by atoms with Crippen molar-refractivity contribution in [1.29, 1.82) is 0 Å². The fraction of sp³-hybridized carbons (Fsp3) is 0.600. The average molecular weight is 313 g/mol. The van der Waals surface area contributed by atoms with Gasteiger partial charge in [0.1, 0.15) is 5.75 Å². The number of sulfonamides is 1. The average Bonchev–Trinajstić information content (AvgIpc) is 2.91. The Kier molecular flexibility index (Phi) is 4.91. The molecule has 1 aromatic carbocycles. The molecule has 0 spiro atoms. The van der Waals surface area contributed by atoms with Crippen LogP contribution in [0.5, 0.6) is 5.75 Å². The SMILES string of the molecule is CC(C)(CCCO)CNS(=O)(=O)c1ccc2c(c1)CCO2. The minimum Gasteiger partial charge on any atom is -0.493 e. The lowest BCUT2D eigenvalue weighted by molar-refractivity contribution is 0.242. The van der Waals surface area contributed by atoms with E-state index in [0.29, 0.717) is 19.6 Å². The van der Waals surface area contributed by atoms with Crippen molar-refractivity contribution < 1.29 is 18.3 Å². The normalized spacial score (nSPS) is 14.8. The first-order valence-electron chi connectivity index (χ1n) is 7.20. The van der Waals surface area contributed by atoms with E-state index in [-0.39, 0.29) is 16.9 Å². The molecule has 6 heteroatoms. The molecule has 0 aliphatic carbocycles. The van der Waals surface area contributed by atoms with Gasteiger partial charge in [0.25, 0.3) is 0 Å². The van der Waals surface area contributed by atoms with Crippen molar-refractivity contribution in [2.24, 2.45) is 5.41 Å². The quantitative estimate of drug-likeness (QED) is 0.803. The van der Waals surface area contributed by atoms with Gasteiger partial charge in [0.05, 0.1) is 11.5 Å². The summed E-state index contributed by atoms with van der Waals surface area (Å²) in [6, 6.07) is 4.98. The topological polar surface area (TPSA) is 75.6 Å². The third kappa shape index (κ3) is 4.18. The molecule has 21 heavy (non-hydrogen) atoms. The van der Waals surface area contributed by atoms with E-state index in [1.807, 2.05) is 13.8 Å². The van der Waals surface area contributed by atoms with Gasteiger partial charge in [0, 0.05) is 19.6 Å². The number of benzene rings is 1. The van der Waals surface area contributed by atoms with Crippen molar-refractivity contribution in [3.63, 3.8) is 0 Å². The smallest absolute Gasteiger partial charge is 0.240 e. The molecular formula is C15H23NO4S. The number of rotatable bonds is 7. The largest absolute Gasteiger partial charge is 0.493 e. The highest BCUT2D eigenvalue weighted by molar-refractivity contribution is 7.89. The predicted octanol–water partition coefficient (Wildman–Crippen LogP) is 1.70. The molecule has 0 unspecified atom stereocenters. The summed E-state index contributed by atoms with van der Waals surface area (Å²) in [5.41, 5.74) is 0.757. The lowest BCUT2D eigenvalue weighted by Crippen LogP contribution is -2.34. The van der Waals surface area contributed by atoms with E-state index in [1.165, 1.54) is 0 Å². The summed E-state index contributed by atoms with van der Waals surface area (Å²) in [6.45, 7) is 5.06. The summed E-state index contributed by atoms with van der Waals surface area (Å²) < 4.78 is 32.8. The Hall–Kier alpha value is -1.11. The van der Waals surface area contributed by atoms with Gasteiger partial charge in [-0.05, 0) is 42.0 Å². The number of hydrogen-bond donors (Lipinski definition) is 2. The molecule has 1 aliphatic rings. The van der Waals surface area contributed by atoms with Gasteiger partial charge in [0.15, 0.2) is 0 Å². The molecule has 118 valence electrons. The Morgan fingerprint density at radius 3 is 2.86 bits per heavy atom. The van der Waals surface area contributed by atoms with Gasteiger partial charge in [-0.25, -0.2) is 13.1 Å². The zero-order valence-corrected chi connectivity index (χ0v) is 13.4. The summed E-state index contributed by atoms with van der Waals surface area (Å²) in [6.07, 6.45) is 2.19. The van der Waals surface area contributed by atoms with Gasteiger partial charge in [-0.3, -0.25) is 0 Å². The van der Waals surface area contributed by atoms with Crippen LogP contribution >= 0.6 is 0 Å². The van der Waals surface area contributed by atoms with Crippen LogP contribution in [0.3, 0.4) is 0 Å². The van der Waals surface area contributed by atoms with Crippen LogP contribution in [0.25, 0.3) is 0 Å². The highest BCUT2D eigenvalue weighted by atomic mass is 32.2. The van der Waals surface area contributed by atoms with Crippen LogP contribution in [0.2, 0.25) is 0 Å². The molecule has 0 radical (unpaired) electrons. The fourth-order valence-electron chi connectivity index (χ4n) is 2.35. The third-order valence-electron chi connectivity index (χ3n) is 3.72. The van der Waals surface area contributed by atoms with Gasteiger partial charge in [-0.1, -0.05) is 13.8 Å². The minimum absolute atomic E-state index is 0.126. The number of aliphatic hydroxyl groups excluding tert-OH is 1. The number of ether oxygens (including phenoxy) is 1. The Morgan fingerprint density at radius 1 is 1.38 bits per heavy atom.